The van der Waals surface area contributed by atoms with Gasteiger partial charge in [0.15, 0.2) is 5.58 Å². The first-order valence-electron chi connectivity index (χ1n) is 4.63. The molecule has 0 bridgehead atoms. The lowest BCUT2D eigenvalue weighted by Crippen LogP contribution is -1.72. The molecule has 0 unspecified atom stereocenters. The van der Waals surface area contributed by atoms with Crippen LogP contribution < -0.4 is 0 Å². The minimum absolute atomic E-state index is 0.872. The second-order valence-electron chi connectivity index (χ2n) is 3.45. The van der Waals surface area contributed by atoms with Crippen LogP contribution in [0.4, 0.5) is 0 Å². The van der Waals surface area contributed by atoms with E-state index >= 15 is 0 Å². The quantitative estimate of drug-likeness (QED) is 0.456. The fourth-order valence-electron chi connectivity index (χ4n) is 1.81. The Morgan fingerprint density at radius 2 is 1.44 bits per heavy atom. The van der Waals surface area contributed by atoms with E-state index in [1.54, 1.807) is 0 Å². The van der Waals surface area contributed by atoms with E-state index in [2.05, 4.69) is 47.8 Å². The third kappa shape index (κ3) is 1.47. The molecule has 3 aromatic rings. The maximum Gasteiger partial charge on any atom is 0.150 e. The molecule has 2 aromatic carbocycles. The maximum atomic E-state index is 5.84. The average molecular weight is 405 g/mol. The summed E-state index contributed by atoms with van der Waals surface area (Å²) in [4.78, 5) is 0. The molecule has 80 valence electrons. The fraction of sp³-hybridized carbons (Fsp3) is 0. The lowest BCUT2D eigenvalue weighted by molar-refractivity contribution is 0.666. The van der Waals surface area contributed by atoms with Crippen molar-refractivity contribution in [2.45, 2.75) is 0 Å². The summed E-state index contributed by atoms with van der Waals surface area (Å²) in [7, 11) is 0. The van der Waals surface area contributed by atoms with E-state index in [4.69, 9.17) is 4.42 Å². The molecule has 0 aliphatic heterocycles. The summed E-state index contributed by atoms with van der Waals surface area (Å²) >= 11 is 10.6. The van der Waals surface area contributed by atoms with Gasteiger partial charge in [0.1, 0.15) is 5.58 Å². The molecule has 0 spiro atoms. The highest BCUT2D eigenvalue weighted by molar-refractivity contribution is 9.11. The largest absolute Gasteiger partial charge is 0.455 e. The highest BCUT2D eigenvalue weighted by Crippen LogP contribution is 2.40. The van der Waals surface area contributed by atoms with Crippen LogP contribution in [0.25, 0.3) is 21.9 Å². The van der Waals surface area contributed by atoms with Crippen LogP contribution in [0.2, 0.25) is 0 Å². The molecule has 4 heteroatoms. The molecular formula is C12H5Br3O. The number of benzene rings is 2. The van der Waals surface area contributed by atoms with E-state index in [0.717, 1.165) is 35.4 Å². The van der Waals surface area contributed by atoms with Gasteiger partial charge in [-0.05, 0) is 40.2 Å². The first-order valence-corrected chi connectivity index (χ1v) is 7.01. The molecule has 0 radical (unpaired) electrons. The maximum absolute atomic E-state index is 5.84. The summed E-state index contributed by atoms with van der Waals surface area (Å²) in [5, 5.41) is 2.20. The summed E-state index contributed by atoms with van der Waals surface area (Å²) in [5.74, 6) is 0. The van der Waals surface area contributed by atoms with Gasteiger partial charge in [0.2, 0.25) is 0 Å². The number of halogens is 3. The van der Waals surface area contributed by atoms with Crippen LogP contribution >= 0.6 is 47.8 Å². The second-order valence-corrected chi connectivity index (χ2v) is 6.01. The third-order valence-corrected chi connectivity index (χ3v) is 4.44. The number of fused-ring (bicyclic) bond motifs is 3. The second kappa shape index (κ2) is 3.86. The minimum atomic E-state index is 0.872. The van der Waals surface area contributed by atoms with E-state index in [9.17, 15) is 0 Å². The van der Waals surface area contributed by atoms with Crippen LogP contribution in [0.15, 0.2) is 48.2 Å². The lowest BCUT2D eigenvalue weighted by atomic mass is 10.1. The summed E-state index contributed by atoms with van der Waals surface area (Å²) in [6.07, 6.45) is 0. The van der Waals surface area contributed by atoms with Crippen molar-refractivity contribution in [2.24, 2.45) is 0 Å². The highest BCUT2D eigenvalue weighted by atomic mass is 79.9. The van der Waals surface area contributed by atoms with E-state index in [1.165, 1.54) is 0 Å². The SMILES string of the molecule is Brc1ccc(Br)c2c1oc1cccc(Br)c12. The van der Waals surface area contributed by atoms with Crippen LogP contribution in [0, 0.1) is 0 Å². The van der Waals surface area contributed by atoms with E-state index in [1.807, 2.05) is 30.3 Å². The molecule has 0 aliphatic rings. The van der Waals surface area contributed by atoms with Gasteiger partial charge < -0.3 is 4.42 Å². The lowest BCUT2D eigenvalue weighted by Gasteiger charge is -1.97. The van der Waals surface area contributed by atoms with Gasteiger partial charge in [-0.25, -0.2) is 0 Å². The molecule has 16 heavy (non-hydrogen) atoms. The topological polar surface area (TPSA) is 13.1 Å². The molecule has 1 aromatic heterocycles. The number of rotatable bonds is 0. The van der Waals surface area contributed by atoms with Gasteiger partial charge in [0, 0.05) is 19.7 Å². The zero-order valence-electron chi connectivity index (χ0n) is 7.93. The van der Waals surface area contributed by atoms with E-state index in [0.29, 0.717) is 0 Å². The van der Waals surface area contributed by atoms with Crippen LogP contribution in [0.3, 0.4) is 0 Å². The van der Waals surface area contributed by atoms with Gasteiger partial charge >= 0.3 is 0 Å². The molecular weight excluding hydrogens is 400 g/mol. The van der Waals surface area contributed by atoms with Crippen molar-refractivity contribution < 1.29 is 4.42 Å². The summed E-state index contributed by atoms with van der Waals surface area (Å²) in [6, 6.07) is 9.95. The van der Waals surface area contributed by atoms with Gasteiger partial charge in [0.25, 0.3) is 0 Å². The van der Waals surface area contributed by atoms with Crippen molar-refractivity contribution in [1.29, 1.82) is 0 Å². The van der Waals surface area contributed by atoms with Crippen LogP contribution in [0.5, 0.6) is 0 Å². The van der Waals surface area contributed by atoms with Crippen LogP contribution in [-0.2, 0) is 0 Å². The molecule has 1 heterocycles. The fourth-order valence-corrected chi connectivity index (χ4v) is 3.28. The zero-order chi connectivity index (χ0) is 11.3. The summed E-state index contributed by atoms with van der Waals surface area (Å²) in [5.41, 5.74) is 1.76. The Morgan fingerprint density at radius 3 is 2.25 bits per heavy atom. The Bertz CT molecular complexity index is 700. The Labute approximate surface area is 117 Å². The van der Waals surface area contributed by atoms with Gasteiger partial charge in [-0.2, -0.15) is 0 Å². The van der Waals surface area contributed by atoms with E-state index < -0.39 is 0 Å². The first-order chi connectivity index (χ1) is 7.68. The Morgan fingerprint density at radius 1 is 0.750 bits per heavy atom. The first kappa shape index (κ1) is 10.8. The smallest absolute Gasteiger partial charge is 0.150 e. The predicted molar refractivity (Wildman–Crippen MR) is 76.8 cm³/mol. The average Bonchev–Trinajstić information content (AvgIpc) is 2.65. The molecule has 0 atom stereocenters. The highest BCUT2D eigenvalue weighted by Gasteiger charge is 2.14. The van der Waals surface area contributed by atoms with Crippen molar-refractivity contribution >= 4 is 69.7 Å². The number of hydrogen-bond acceptors (Lipinski definition) is 1. The number of hydrogen-bond donors (Lipinski definition) is 0. The van der Waals surface area contributed by atoms with Crippen molar-refractivity contribution in [3.8, 4) is 0 Å². The third-order valence-electron chi connectivity index (χ3n) is 2.50. The number of furan rings is 1. The molecule has 3 rings (SSSR count). The molecule has 0 N–H and O–H groups in total. The van der Waals surface area contributed by atoms with Gasteiger partial charge in [-0.1, -0.05) is 37.9 Å². The zero-order valence-corrected chi connectivity index (χ0v) is 12.7. The standard InChI is InChI=1S/C12H5Br3O/c13-6-2-1-3-9-10(6)11-7(14)4-5-8(15)12(11)16-9/h1-5H. The Hall–Kier alpha value is -0.320. The minimum Gasteiger partial charge on any atom is -0.455 e. The van der Waals surface area contributed by atoms with Crippen molar-refractivity contribution in [2.75, 3.05) is 0 Å². The molecule has 1 nitrogen and oxygen atoms in total. The molecule has 0 saturated heterocycles. The van der Waals surface area contributed by atoms with Crippen LogP contribution in [0.1, 0.15) is 0 Å². The summed E-state index contributed by atoms with van der Waals surface area (Å²) in [6.45, 7) is 0. The Balaban J connectivity index is 2.68. The predicted octanol–water partition coefficient (Wildman–Crippen LogP) is 5.87. The van der Waals surface area contributed by atoms with Crippen molar-refractivity contribution in [3.63, 3.8) is 0 Å². The van der Waals surface area contributed by atoms with Crippen molar-refractivity contribution in [1.82, 2.24) is 0 Å². The molecule has 0 fully saturated rings. The van der Waals surface area contributed by atoms with Gasteiger partial charge in [-0.15, -0.1) is 0 Å². The van der Waals surface area contributed by atoms with Gasteiger partial charge in [0.05, 0.1) is 4.47 Å². The molecule has 0 saturated carbocycles. The molecule has 0 aliphatic carbocycles. The van der Waals surface area contributed by atoms with Crippen LogP contribution in [-0.4, -0.2) is 0 Å². The monoisotopic (exact) mass is 402 g/mol. The van der Waals surface area contributed by atoms with Crippen molar-refractivity contribution in [3.05, 3.63) is 43.7 Å². The Kier molecular flexibility index (Phi) is 2.61. The summed E-state index contributed by atoms with van der Waals surface area (Å²) < 4.78 is 8.89. The normalized spacial score (nSPS) is 11.4. The van der Waals surface area contributed by atoms with Gasteiger partial charge in [-0.3, -0.25) is 0 Å². The van der Waals surface area contributed by atoms with E-state index in [-0.39, 0.29) is 0 Å². The molecule has 0 amide bonds.